The summed E-state index contributed by atoms with van der Waals surface area (Å²) in [6.45, 7) is 8.21. The van der Waals surface area contributed by atoms with Gasteiger partial charge in [0.1, 0.15) is 11.6 Å². The summed E-state index contributed by atoms with van der Waals surface area (Å²) in [7, 11) is -3.96. The molecule has 0 unspecified atom stereocenters. The number of carbonyl (C=O) groups is 2. The van der Waals surface area contributed by atoms with E-state index in [9.17, 15) is 30.8 Å². The van der Waals surface area contributed by atoms with Crippen LogP contribution in [-0.4, -0.2) is 80.7 Å². The third-order valence-electron chi connectivity index (χ3n) is 5.41. The van der Waals surface area contributed by atoms with E-state index in [1.165, 1.54) is 18.3 Å². The van der Waals surface area contributed by atoms with Gasteiger partial charge in [-0.25, -0.2) is 22.6 Å². The number of halogens is 4. The lowest BCUT2D eigenvalue weighted by molar-refractivity contribution is -0.192. The van der Waals surface area contributed by atoms with E-state index in [-0.39, 0.29) is 16.5 Å². The van der Waals surface area contributed by atoms with Gasteiger partial charge in [0.2, 0.25) is 0 Å². The van der Waals surface area contributed by atoms with Gasteiger partial charge in [0, 0.05) is 39.3 Å². The van der Waals surface area contributed by atoms with Gasteiger partial charge in [-0.1, -0.05) is 13.8 Å². The Labute approximate surface area is 224 Å². The minimum atomic E-state index is -5.08. The average molecular weight is 578 g/mol. The first-order chi connectivity index (χ1) is 18.3. The van der Waals surface area contributed by atoms with Crippen molar-refractivity contribution in [3.05, 3.63) is 47.9 Å². The number of nitrogens with one attached hydrogen (secondary N) is 2. The zero-order valence-electron chi connectivity index (χ0n) is 21.5. The number of hydrogen-bond acceptors (Lipinski definition) is 7. The van der Waals surface area contributed by atoms with Crippen molar-refractivity contribution in [2.24, 2.45) is 0 Å². The molecule has 1 fully saturated rings. The molecule has 216 valence electrons. The Morgan fingerprint density at radius 3 is 2.13 bits per heavy atom. The molecule has 1 saturated heterocycles. The second-order valence-corrected chi connectivity index (χ2v) is 10.2. The summed E-state index contributed by atoms with van der Waals surface area (Å²) in [5.74, 6) is -2.89. The highest BCUT2D eigenvalue weighted by Gasteiger charge is 2.38. The van der Waals surface area contributed by atoms with Crippen LogP contribution in [0.15, 0.2) is 41.4 Å². The van der Waals surface area contributed by atoms with E-state index in [1.54, 1.807) is 11.0 Å². The zero-order chi connectivity index (χ0) is 29.2. The van der Waals surface area contributed by atoms with Gasteiger partial charge < -0.3 is 20.2 Å². The predicted molar refractivity (Wildman–Crippen MR) is 137 cm³/mol. The maximum Gasteiger partial charge on any atom is 0.490 e. The Hall–Kier alpha value is -3.46. The van der Waals surface area contributed by atoms with Crippen molar-refractivity contribution in [1.29, 1.82) is 0 Å². The number of rotatable bonds is 9. The molecule has 0 saturated carbocycles. The van der Waals surface area contributed by atoms with Crippen LogP contribution in [0.2, 0.25) is 0 Å². The number of nitrogens with zero attached hydrogens (tertiary/aromatic N) is 3. The standard InChI is InChI=1S/C22H30FN5O3S.C2HF3O2/c1-3-11-28(12-4-2)22(29)20-15-18(16-25-21(20)27-13-9-24-10-14-27)26-32(30,31)19-7-5-17(23)6-8-19;3-2(4,5)1(6)7/h5-8,15-16,24,26H,3-4,9-14H2,1-2H3;(H,6,7). The molecule has 1 aliphatic heterocycles. The SMILES string of the molecule is CCCN(CCC)C(=O)c1cc(NS(=O)(=O)c2ccc(F)cc2)cnc1N1CCNCC1.O=C(O)C(F)(F)F. The maximum atomic E-state index is 13.4. The lowest BCUT2D eigenvalue weighted by Gasteiger charge is -2.31. The van der Waals surface area contributed by atoms with Crippen LogP contribution in [0.5, 0.6) is 0 Å². The van der Waals surface area contributed by atoms with Crippen LogP contribution < -0.4 is 14.9 Å². The number of benzene rings is 1. The number of sulfonamides is 1. The summed E-state index contributed by atoms with van der Waals surface area (Å²) in [5.41, 5.74) is 0.553. The third kappa shape index (κ3) is 9.35. The van der Waals surface area contributed by atoms with E-state index in [1.807, 2.05) is 18.7 Å². The van der Waals surface area contributed by atoms with E-state index >= 15 is 0 Å². The summed E-state index contributed by atoms with van der Waals surface area (Å²) in [5, 5.41) is 10.4. The van der Waals surface area contributed by atoms with Crippen LogP contribution in [0.4, 0.5) is 29.1 Å². The number of aromatic nitrogens is 1. The van der Waals surface area contributed by atoms with Gasteiger partial charge in [-0.3, -0.25) is 9.52 Å². The highest BCUT2D eigenvalue weighted by Crippen LogP contribution is 2.25. The predicted octanol–water partition coefficient (Wildman–Crippen LogP) is 3.33. The molecule has 1 aliphatic rings. The van der Waals surface area contributed by atoms with Gasteiger partial charge in [0.05, 0.1) is 22.3 Å². The topological polar surface area (TPSA) is 132 Å². The van der Waals surface area contributed by atoms with Gasteiger partial charge >= 0.3 is 12.1 Å². The first-order valence-electron chi connectivity index (χ1n) is 12.1. The second-order valence-electron chi connectivity index (χ2n) is 8.49. The van der Waals surface area contributed by atoms with Gasteiger partial charge in [-0.2, -0.15) is 13.2 Å². The number of anilines is 2. The first-order valence-corrected chi connectivity index (χ1v) is 13.6. The van der Waals surface area contributed by atoms with Crippen molar-refractivity contribution in [2.75, 3.05) is 48.9 Å². The fourth-order valence-corrected chi connectivity index (χ4v) is 4.69. The molecular weight excluding hydrogens is 546 g/mol. The largest absolute Gasteiger partial charge is 0.490 e. The van der Waals surface area contributed by atoms with E-state index in [2.05, 4.69) is 15.0 Å². The van der Waals surface area contributed by atoms with Crippen LogP contribution in [0.3, 0.4) is 0 Å². The van der Waals surface area contributed by atoms with Crippen LogP contribution in [-0.2, 0) is 14.8 Å². The van der Waals surface area contributed by atoms with Crippen molar-refractivity contribution >= 4 is 33.4 Å². The lowest BCUT2D eigenvalue weighted by atomic mass is 10.1. The maximum absolute atomic E-state index is 13.4. The van der Waals surface area contributed by atoms with E-state index in [0.717, 1.165) is 38.1 Å². The van der Waals surface area contributed by atoms with Crippen molar-refractivity contribution < 1.29 is 40.7 Å². The van der Waals surface area contributed by atoms with Gasteiger partial charge in [-0.05, 0) is 43.2 Å². The summed E-state index contributed by atoms with van der Waals surface area (Å²) in [4.78, 5) is 30.6. The molecule has 0 aliphatic carbocycles. The fourth-order valence-electron chi connectivity index (χ4n) is 3.65. The molecule has 10 nitrogen and oxygen atoms in total. The lowest BCUT2D eigenvalue weighted by Crippen LogP contribution is -2.45. The van der Waals surface area contributed by atoms with Crippen LogP contribution in [0, 0.1) is 5.82 Å². The van der Waals surface area contributed by atoms with Crippen LogP contribution >= 0.6 is 0 Å². The number of piperazine rings is 1. The Morgan fingerprint density at radius 1 is 1.10 bits per heavy atom. The number of pyridine rings is 1. The van der Waals surface area contributed by atoms with Crippen molar-refractivity contribution in [3.63, 3.8) is 0 Å². The molecule has 2 aromatic rings. The first kappa shape index (κ1) is 31.8. The minimum absolute atomic E-state index is 0.0726. The average Bonchev–Trinajstić information content (AvgIpc) is 2.88. The molecule has 0 radical (unpaired) electrons. The van der Waals surface area contributed by atoms with E-state index in [0.29, 0.717) is 37.6 Å². The molecule has 3 rings (SSSR count). The van der Waals surface area contributed by atoms with Crippen LogP contribution in [0.25, 0.3) is 0 Å². The molecule has 1 aromatic heterocycles. The van der Waals surface area contributed by atoms with Crippen molar-refractivity contribution in [2.45, 2.75) is 37.8 Å². The molecule has 15 heteroatoms. The molecule has 39 heavy (non-hydrogen) atoms. The molecule has 0 bridgehead atoms. The number of carboxylic acids is 1. The number of alkyl halides is 3. The molecule has 1 amide bonds. The Balaban J connectivity index is 0.000000673. The number of carboxylic acid groups (broad SMARTS) is 1. The van der Waals surface area contributed by atoms with Gasteiger partial charge in [0.15, 0.2) is 0 Å². The number of hydrogen-bond donors (Lipinski definition) is 3. The number of amides is 1. The molecule has 0 spiro atoms. The Bertz CT molecular complexity index is 1210. The summed E-state index contributed by atoms with van der Waals surface area (Å²) >= 11 is 0. The molecule has 0 atom stereocenters. The molecular formula is C24H31F4N5O5S. The smallest absolute Gasteiger partial charge is 0.475 e. The summed E-state index contributed by atoms with van der Waals surface area (Å²) < 4.78 is 72.9. The van der Waals surface area contributed by atoms with Crippen LogP contribution in [0.1, 0.15) is 37.0 Å². The van der Waals surface area contributed by atoms with E-state index < -0.39 is 28.0 Å². The van der Waals surface area contributed by atoms with Gasteiger partial charge in [-0.15, -0.1) is 0 Å². The highest BCUT2D eigenvalue weighted by atomic mass is 32.2. The van der Waals surface area contributed by atoms with Crippen molar-refractivity contribution in [1.82, 2.24) is 15.2 Å². The fraction of sp³-hybridized carbons (Fsp3) is 0.458. The molecule has 3 N–H and O–H groups in total. The number of carbonyl (C=O) groups excluding carboxylic acids is 1. The minimum Gasteiger partial charge on any atom is -0.475 e. The molecule has 1 aromatic carbocycles. The van der Waals surface area contributed by atoms with E-state index in [4.69, 9.17) is 9.90 Å². The highest BCUT2D eigenvalue weighted by molar-refractivity contribution is 7.92. The monoisotopic (exact) mass is 577 g/mol. The third-order valence-corrected chi connectivity index (χ3v) is 6.80. The summed E-state index contributed by atoms with van der Waals surface area (Å²) in [6, 6.07) is 6.10. The second kappa shape index (κ2) is 14.1. The van der Waals surface area contributed by atoms with Gasteiger partial charge in [0.25, 0.3) is 15.9 Å². The zero-order valence-corrected chi connectivity index (χ0v) is 22.3. The summed E-state index contributed by atoms with van der Waals surface area (Å²) in [6.07, 6.45) is -2.03. The normalized spacial score (nSPS) is 13.7. The molecule has 2 heterocycles. The quantitative estimate of drug-likeness (QED) is 0.387. The number of aliphatic carboxylic acids is 1. The van der Waals surface area contributed by atoms with Crippen molar-refractivity contribution in [3.8, 4) is 0 Å². The Morgan fingerprint density at radius 2 is 1.64 bits per heavy atom. The Kier molecular flexibility index (Phi) is 11.5.